The summed E-state index contributed by atoms with van der Waals surface area (Å²) in [5.74, 6) is -3.21. The second-order valence-electron chi connectivity index (χ2n) is 14.3. The quantitative estimate of drug-likeness (QED) is 0.146. The zero-order chi connectivity index (χ0) is 40.4. The number of nitriles is 1. The number of fused-ring (bicyclic) bond motifs is 1. The number of aromatic nitrogens is 2. The number of halogens is 4. The van der Waals surface area contributed by atoms with Crippen molar-refractivity contribution in [3.63, 3.8) is 0 Å². The number of alkyl halides is 3. The number of hydrogen-bond donors (Lipinski definition) is 1. The van der Waals surface area contributed by atoms with Crippen LogP contribution < -0.4 is 15.0 Å². The Kier molecular flexibility index (Phi) is 11.3. The fraction of sp³-hybridized carbons (Fsp3) is 0.390. The summed E-state index contributed by atoms with van der Waals surface area (Å²) in [6, 6.07) is 16.4. The first kappa shape index (κ1) is 39.4. The normalized spacial score (nSPS) is 19.6. The molecule has 0 radical (unpaired) electrons. The number of ether oxygens (including phenoxy) is 2. The van der Waals surface area contributed by atoms with Crippen molar-refractivity contribution in [2.24, 2.45) is 0 Å². The molecule has 0 unspecified atom stereocenters. The molecule has 0 bridgehead atoms. The summed E-state index contributed by atoms with van der Waals surface area (Å²) in [5, 5.41) is 17.4. The minimum Gasteiger partial charge on any atom is -0.493 e. The molecule has 2 fully saturated rings. The van der Waals surface area contributed by atoms with Crippen molar-refractivity contribution >= 4 is 23.5 Å². The largest absolute Gasteiger partial charge is 0.493 e. The fourth-order valence-electron chi connectivity index (χ4n) is 7.58. The first-order valence-electron chi connectivity index (χ1n) is 18.8. The molecule has 2 saturated heterocycles. The molecule has 1 N–H and O–H groups in total. The third kappa shape index (κ3) is 7.94. The number of rotatable bonds is 12. The maximum absolute atomic E-state index is 14.7. The van der Waals surface area contributed by atoms with E-state index in [9.17, 15) is 37.2 Å². The molecule has 3 aromatic carbocycles. The first-order valence-corrected chi connectivity index (χ1v) is 18.8. The van der Waals surface area contributed by atoms with E-state index < -0.39 is 53.3 Å². The highest BCUT2D eigenvalue weighted by Crippen LogP contribution is 2.45. The molecule has 1 aromatic heterocycles. The topological polar surface area (TPSA) is 133 Å². The maximum atomic E-state index is 14.7. The average molecular weight is 788 g/mol. The molecule has 0 saturated carbocycles. The molecule has 57 heavy (non-hydrogen) atoms. The maximum Gasteiger partial charge on any atom is 0.416 e. The molecule has 7 rings (SSSR count). The molecule has 298 valence electrons. The summed E-state index contributed by atoms with van der Waals surface area (Å²) in [5.41, 5.74) is -0.489. The van der Waals surface area contributed by atoms with E-state index in [0.717, 1.165) is 25.1 Å². The number of anilines is 1. The number of nitrogens with zero attached hydrogens (tertiary/aromatic N) is 6. The van der Waals surface area contributed by atoms with Gasteiger partial charge in [-0.3, -0.25) is 24.2 Å². The Bertz CT molecular complexity index is 2180. The summed E-state index contributed by atoms with van der Waals surface area (Å²) in [4.78, 5) is 48.1. The summed E-state index contributed by atoms with van der Waals surface area (Å²) in [6.07, 6.45) is -2.96. The number of likely N-dealkylation sites (tertiary alicyclic amines) is 1. The summed E-state index contributed by atoms with van der Waals surface area (Å²) >= 11 is 0. The highest BCUT2D eigenvalue weighted by Gasteiger charge is 2.48. The van der Waals surface area contributed by atoms with Crippen LogP contribution in [0, 0.1) is 17.1 Å². The van der Waals surface area contributed by atoms with Crippen LogP contribution in [-0.2, 0) is 15.7 Å². The van der Waals surface area contributed by atoms with E-state index >= 15 is 0 Å². The Morgan fingerprint density at radius 1 is 1.09 bits per heavy atom. The lowest BCUT2D eigenvalue weighted by Gasteiger charge is -2.38. The van der Waals surface area contributed by atoms with Gasteiger partial charge in [0.05, 0.1) is 43.2 Å². The molecule has 3 atom stereocenters. The van der Waals surface area contributed by atoms with E-state index in [1.807, 2.05) is 7.05 Å². The number of benzene rings is 3. The second-order valence-corrected chi connectivity index (χ2v) is 14.3. The van der Waals surface area contributed by atoms with Crippen molar-refractivity contribution in [2.45, 2.75) is 56.4 Å². The van der Waals surface area contributed by atoms with E-state index in [1.54, 1.807) is 31.2 Å². The molecule has 0 aliphatic carbocycles. The monoisotopic (exact) mass is 787 g/mol. The van der Waals surface area contributed by atoms with Gasteiger partial charge in [-0.2, -0.15) is 23.5 Å². The SMILES string of the molecule is CCN1C(=O)[C@H](NC(=O)c2cccc(C(F)(F)F)c2)[C@H](c2ccc(F)cc2)c2c(C(=O)N3CCC[C@H]3C#N)nn(-c3cccc(OCCCN(C)C4COC4)c3)c21. The Balaban J connectivity index is 1.33. The standard InChI is InChI=1S/C41H41F4N7O5/c1-3-50-38-34(33(25-13-15-28(42)16-14-25)35(39(50)54)47-37(53)26-8-4-9-27(20-26)41(43,44)45)36(40(55)51-18-6-11-30(51)22-46)48-52(38)29-10-5-12-32(21-29)57-19-7-17-49(2)31-23-56-24-31/h4-5,8-10,12-16,20-21,30-31,33,35H,3,6-7,11,17-19,23-24H2,1-2H3,(H,47,53)/t30-,33+,35+/m0/s1. The van der Waals surface area contributed by atoms with E-state index in [-0.39, 0.29) is 35.7 Å². The van der Waals surface area contributed by atoms with Crippen molar-refractivity contribution in [3.8, 4) is 17.5 Å². The van der Waals surface area contributed by atoms with E-state index in [4.69, 9.17) is 14.6 Å². The molecule has 3 aliphatic heterocycles. The van der Waals surface area contributed by atoms with Crippen LogP contribution in [0.2, 0.25) is 0 Å². The third-order valence-electron chi connectivity index (χ3n) is 10.7. The second kappa shape index (κ2) is 16.4. The zero-order valence-electron chi connectivity index (χ0n) is 31.3. The van der Waals surface area contributed by atoms with E-state index in [1.165, 1.54) is 44.8 Å². The van der Waals surface area contributed by atoms with Gasteiger partial charge in [0.15, 0.2) is 5.69 Å². The van der Waals surface area contributed by atoms with Crippen molar-refractivity contribution in [1.29, 1.82) is 5.26 Å². The van der Waals surface area contributed by atoms with Crippen molar-refractivity contribution in [2.75, 3.05) is 51.4 Å². The molecular formula is C41H41F4N7O5. The average Bonchev–Trinajstić information content (AvgIpc) is 3.82. The molecule has 4 aromatic rings. The Hall–Kier alpha value is -5.79. The van der Waals surface area contributed by atoms with Crippen LogP contribution in [-0.4, -0.2) is 102 Å². The Morgan fingerprint density at radius 2 is 1.84 bits per heavy atom. The van der Waals surface area contributed by atoms with Gasteiger partial charge in [0.1, 0.15) is 29.5 Å². The van der Waals surface area contributed by atoms with Crippen LogP contribution in [0.3, 0.4) is 0 Å². The van der Waals surface area contributed by atoms with Crippen LogP contribution in [0.15, 0.2) is 72.8 Å². The molecular weight excluding hydrogens is 746 g/mol. The zero-order valence-corrected chi connectivity index (χ0v) is 31.3. The summed E-state index contributed by atoms with van der Waals surface area (Å²) in [7, 11) is 2.04. The highest BCUT2D eigenvalue weighted by molar-refractivity contribution is 6.07. The molecule has 3 aliphatic rings. The number of carbonyl (C=O) groups excluding carboxylic acids is 3. The molecule has 3 amide bonds. The lowest BCUT2D eigenvalue weighted by Crippen LogP contribution is -2.55. The van der Waals surface area contributed by atoms with Crippen LogP contribution >= 0.6 is 0 Å². The van der Waals surface area contributed by atoms with E-state index in [2.05, 4.69) is 16.3 Å². The van der Waals surface area contributed by atoms with Crippen molar-refractivity contribution in [1.82, 2.24) is 24.9 Å². The number of hydrogen-bond acceptors (Lipinski definition) is 8. The number of carbonyl (C=O) groups is 3. The van der Waals surface area contributed by atoms with Gasteiger partial charge in [-0.1, -0.05) is 24.3 Å². The lowest BCUT2D eigenvalue weighted by atomic mass is 9.80. The minimum absolute atomic E-state index is 0.0392. The van der Waals surface area contributed by atoms with Gasteiger partial charge in [0.2, 0.25) is 0 Å². The van der Waals surface area contributed by atoms with Crippen LogP contribution in [0.4, 0.5) is 23.4 Å². The molecule has 0 spiro atoms. The van der Waals surface area contributed by atoms with Crippen LogP contribution in [0.5, 0.6) is 5.75 Å². The predicted molar refractivity (Wildman–Crippen MR) is 200 cm³/mol. The van der Waals surface area contributed by atoms with Gasteiger partial charge < -0.3 is 19.7 Å². The predicted octanol–water partition coefficient (Wildman–Crippen LogP) is 5.55. The van der Waals surface area contributed by atoms with E-state index in [0.29, 0.717) is 61.8 Å². The number of nitrogens with one attached hydrogen (secondary N) is 1. The van der Waals surface area contributed by atoms with Crippen molar-refractivity contribution in [3.05, 3.63) is 107 Å². The number of amides is 3. The summed E-state index contributed by atoms with van der Waals surface area (Å²) < 4.78 is 68.2. The summed E-state index contributed by atoms with van der Waals surface area (Å²) in [6.45, 7) is 4.63. The molecule has 4 heterocycles. The van der Waals surface area contributed by atoms with Gasteiger partial charge in [-0.25, -0.2) is 9.07 Å². The van der Waals surface area contributed by atoms with Gasteiger partial charge >= 0.3 is 6.18 Å². The van der Waals surface area contributed by atoms with Crippen LogP contribution in [0.1, 0.15) is 69.6 Å². The lowest BCUT2D eigenvalue weighted by molar-refractivity contribution is -0.137. The smallest absolute Gasteiger partial charge is 0.416 e. The van der Waals surface area contributed by atoms with Gasteiger partial charge in [-0.05, 0) is 81.3 Å². The Morgan fingerprint density at radius 3 is 2.53 bits per heavy atom. The molecule has 16 heteroatoms. The highest BCUT2D eigenvalue weighted by atomic mass is 19.4. The van der Waals surface area contributed by atoms with Gasteiger partial charge in [-0.15, -0.1) is 0 Å². The third-order valence-corrected chi connectivity index (χ3v) is 10.7. The molecule has 12 nitrogen and oxygen atoms in total. The minimum atomic E-state index is -4.73. The van der Waals surface area contributed by atoms with Gasteiger partial charge in [0.25, 0.3) is 17.7 Å². The van der Waals surface area contributed by atoms with Crippen LogP contribution in [0.25, 0.3) is 5.69 Å². The first-order chi connectivity index (χ1) is 27.4. The van der Waals surface area contributed by atoms with Gasteiger partial charge in [0, 0.05) is 42.7 Å². The number of likely N-dealkylation sites (N-methyl/N-ethyl adjacent to an activating group) is 2. The Labute approximate surface area is 326 Å². The fourth-order valence-corrected chi connectivity index (χ4v) is 7.58. The van der Waals surface area contributed by atoms with Crippen molar-refractivity contribution < 1.29 is 41.4 Å².